The zero-order valence-electron chi connectivity index (χ0n) is 8.13. The summed E-state index contributed by atoms with van der Waals surface area (Å²) in [6.07, 6.45) is 5.65. The first-order valence-corrected chi connectivity index (χ1v) is 5.39. The molecule has 0 aromatic rings. The van der Waals surface area contributed by atoms with Crippen LogP contribution < -0.4 is 5.32 Å². The minimum Gasteiger partial charge on any atom is -0.376 e. The van der Waals surface area contributed by atoms with E-state index in [9.17, 15) is 0 Å². The van der Waals surface area contributed by atoms with E-state index in [4.69, 9.17) is 9.47 Å². The highest BCUT2D eigenvalue weighted by molar-refractivity contribution is 4.71. The number of hydrogen-bond donors (Lipinski definition) is 1. The fraction of sp³-hybridized carbons (Fsp3) is 1.00. The Morgan fingerprint density at radius 1 is 1.31 bits per heavy atom. The molecule has 0 amide bonds. The van der Waals surface area contributed by atoms with E-state index in [2.05, 4.69) is 5.32 Å². The quantitative estimate of drug-likeness (QED) is 0.709. The van der Waals surface area contributed by atoms with Crippen molar-refractivity contribution in [3.8, 4) is 0 Å². The van der Waals surface area contributed by atoms with E-state index in [0.717, 1.165) is 26.3 Å². The summed E-state index contributed by atoms with van der Waals surface area (Å²) in [5.41, 5.74) is 0. The molecule has 0 aliphatic carbocycles. The number of piperidine rings is 1. The molecule has 2 heterocycles. The van der Waals surface area contributed by atoms with Gasteiger partial charge in [0.15, 0.2) is 0 Å². The lowest BCUT2D eigenvalue weighted by Gasteiger charge is -2.24. The van der Waals surface area contributed by atoms with Gasteiger partial charge in [-0.2, -0.15) is 0 Å². The molecule has 13 heavy (non-hydrogen) atoms. The van der Waals surface area contributed by atoms with E-state index in [1.54, 1.807) is 0 Å². The monoisotopic (exact) mass is 185 g/mol. The molecular weight excluding hydrogens is 166 g/mol. The van der Waals surface area contributed by atoms with Crippen LogP contribution in [-0.4, -0.2) is 38.5 Å². The molecule has 2 unspecified atom stereocenters. The van der Waals surface area contributed by atoms with Gasteiger partial charge in [0.1, 0.15) is 0 Å². The lowest BCUT2D eigenvalue weighted by Crippen LogP contribution is -2.36. The van der Waals surface area contributed by atoms with Gasteiger partial charge in [-0.3, -0.25) is 0 Å². The molecular formula is C10H19NO2. The number of rotatable bonds is 3. The second kappa shape index (κ2) is 4.94. The Bertz CT molecular complexity index is 140. The van der Waals surface area contributed by atoms with Gasteiger partial charge in [0, 0.05) is 13.2 Å². The number of nitrogens with one attached hydrogen (secondary N) is 1. The van der Waals surface area contributed by atoms with Gasteiger partial charge >= 0.3 is 0 Å². The molecule has 1 N–H and O–H groups in total. The third-order valence-electron chi connectivity index (χ3n) is 2.79. The number of ether oxygens (including phenoxy) is 2. The maximum atomic E-state index is 5.78. The molecule has 3 nitrogen and oxygen atoms in total. The minimum absolute atomic E-state index is 0.377. The standard InChI is InChI=1S/C10H19NO2/c1-3-9(7-11-5-1)13-8-10-4-2-6-12-10/h9-11H,1-8H2. The van der Waals surface area contributed by atoms with Crippen LogP contribution in [-0.2, 0) is 9.47 Å². The Labute approximate surface area is 79.8 Å². The van der Waals surface area contributed by atoms with Crippen LogP contribution in [0.5, 0.6) is 0 Å². The molecule has 76 valence electrons. The third-order valence-corrected chi connectivity index (χ3v) is 2.79. The number of hydrogen-bond acceptors (Lipinski definition) is 3. The summed E-state index contributed by atoms with van der Waals surface area (Å²) in [4.78, 5) is 0. The van der Waals surface area contributed by atoms with Crippen molar-refractivity contribution in [3.05, 3.63) is 0 Å². The van der Waals surface area contributed by atoms with Crippen molar-refractivity contribution in [1.82, 2.24) is 5.32 Å². The second-order valence-electron chi connectivity index (χ2n) is 3.94. The van der Waals surface area contributed by atoms with Crippen molar-refractivity contribution in [1.29, 1.82) is 0 Å². The first-order valence-electron chi connectivity index (χ1n) is 5.39. The SMILES string of the molecule is C1CNCC(OCC2CCCO2)C1. The fourth-order valence-corrected chi connectivity index (χ4v) is 1.98. The minimum atomic E-state index is 0.377. The van der Waals surface area contributed by atoms with E-state index < -0.39 is 0 Å². The zero-order valence-corrected chi connectivity index (χ0v) is 8.13. The van der Waals surface area contributed by atoms with Crippen molar-refractivity contribution in [3.63, 3.8) is 0 Å². The Kier molecular flexibility index (Phi) is 3.58. The summed E-state index contributed by atoms with van der Waals surface area (Å²) in [6, 6.07) is 0. The Hall–Kier alpha value is -0.120. The highest BCUT2D eigenvalue weighted by Crippen LogP contribution is 2.14. The van der Waals surface area contributed by atoms with E-state index in [-0.39, 0.29) is 0 Å². The predicted octanol–water partition coefficient (Wildman–Crippen LogP) is 0.934. The summed E-state index contributed by atoms with van der Waals surface area (Å²) in [7, 11) is 0. The second-order valence-corrected chi connectivity index (χ2v) is 3.94. The molecule has 3 heteroatoms. The van der Waals surface area contributed by atoms with Gasteiger partial charge in [0.05, 0.1) is 18.8 Å². The Morgan fingerprint density at radius 2 is 2.31 bits per heavy atom. The van der Waals surface area contributed by atoms with Gasteiger partial charge < -0.3 is 14.8 Å². The highest BCUT2D eigenvalue weighted by atomic mass is 16.5. The smallest absolute Gasteiger partial charge is 0.0809 e. The van der Waals surface area contributed by atoms with Gasteiger partial charge in [-0.25, -0.2) is 0 Å². The van der Waals surface area contributed by atoms with Crippen LogP contribution in [0.25, 0.3) is 0 Å². The summed E-state index contributed by atoms with van der Waals surface area (Å²) >= 11 is 0. The van der Waals surface area contributed by atoms with Crippen LogP contribution in [0.4, 0.5) is 0 Å². The normalized spacial score (nSPS) is 35.1. The first-order chi connectivity index (χ1) is 6.45. The van der Waals surface area contributed by atoms with Crippen molar-refractivity contribution in [2.24, 2.45) is 0 Å². The maximum Gasteiger partial charge on any atom is 0.0809 e. The van der Waals surface area contributed by atoms with Crippen molar-refractivity contribution in [2.75, 3.05) is 26.3 Å². The molecule has 2 aliphatic rings. The van der Waals surface area contributed by atoms with Crippen molar-refractivity contribution in [2.45, 2.75) is 37.9 Å². The molecule has 2 fully saturated rings. The first kappa shape index (κ1) is 9.44. The van der Waals surface area contributed by atoms with Crippen molar-refractivity contribution < 1.29 is 9.47 Å². The van der Waals surface area contributed by atoms with Crippen molar-refractivity contribution >= 4 is 0 Å². The third kappa shape index (κ3) is 2.93. The molecule has 0 bridgehead atoms. The maximum absolute atomic E-state index is 5.78. The van der Waals surface area contributed by atoms with E-state index in [0.29, 0.717) is 12.2 Å². The molecule has 0 aromatic carbocycles. The van der Waals surface area contributed by atoms with Crippen LogP contribution in [0.2, 0.25) is 0 Å². The largest absolute Gasteiger partial charge is 0.376 e. The average Bonchev–Trinajstić information content (AvgIpc) is 2.69. The van der Waals surface area contributed by atoms with Gasteiger partial charge in [-0.1, -0.05) is 0 Å². The summed E-state index contributed by atoms with van der Waals surface area (Å²) in [5, 5.41) is 3.34. The summed E-state index contributed by atoms with van der Waals surface area (Å²) in [6.45, 7) is 3.90. The van der Waals surface area contributed by atoms with E-state index in [1.165, 1.54) is 25.7 Å². The molecule has 2 aliphatic heterocycles. The van der Waals surface area contributed by atoms with Gasteiger partial charge in [0.2, 0.25) is 0 Å². The Balaban J connectivity index is 1.60. The van der Waals surface area contributed by atoms with E-state index >= 15 is 0 Å². The van der Waals surface area contributed by atoms with Gasteiger partial charge in [-0.05, 0) is 32.2 Å². The zero-order chi connectivity index (χ0) is 8.93. The van der Waals surface area contributed by atoms with Gasteiger partial charge in [0.25, 0.3) is 0 Å². The van der Waals surface area contributed by atoms with Crippen LogP contribution in [0.1, 0.15) is 25.7 Å². The lowest BCUT2D eigenvalue weighted by atomic mass is 10.1. The summed E-state index contributed by atoms with van der Waals surface area (Å²) in [5.74, 6) is 0. The Morgan fingerprint density at radius 3 is 3.00 bits per heavy atom. The fourth-order valence-electron chi connectivity index (χ4n) is 1.98. The van der Waals surface area contributed by atoms with E-state index in [1.807, 2.05) is 0 Å². The van der Waals surface area contributed by atoms with Crippen LogP contribution in [0, 0.1) is 0 Å². The molecule has 2 rings (SSSR count). The van der Waals surface area contributed by atoms with Crippen LogP contribution in [0.15, 0.2) is 0 Å². The predicted molar refractivity (Wildman–Crippen MR) is 50.8 cm³/mol. The van der Waals surface area contributed by atoms with Gasteiger partial charge in [-0.15, -0.1) is 0 Å². The highest BCUT2D eigenvalue weighted by Gasteiger charge is 2.19. The topological polar surface area (TPSA) is 30.5 Å². The summed E-state index contributed by atoms with van der Waals surface area (Å²) < 4.78 is 11.3. The average molecular weight is 185 g/mol. The molecule has 0 saturated carbocycles. The lowest BCUT2D eigenvalue weighted by molar-refractivity contribution is -0.0274. The van der Waals surface area contributed by atoms with Crippen LogP contribution in [0.3, 0.4) is 0 Å². The molecule has 0 spiro atoms. The molecule has 0 aromatic heterocycles. The molecule has 2 atom stereocenters. The molecule has 0 radical (unpaired) electrons. The van der Waals surface area contributed by atoms with Crippen LogP contribution >= 0.6 is 0 Å². The molecule has 2 saturated heterocycles.